The van der Waals surface area contributed by atoms with Crippen LogP contribution in [0.5, 0.6) is 23.0 Å². The highest BCUT2D eigenvalue weighted by Crippen LogP contribution is 2.49. The Morgan fingerprint density at radius 3 is 2.43 bits per heavy atom. The molecule has 182 valence electrons. The molecule has 5 nitrogen and oxygen atoms in total. The van der Waals surface area contributed by atoms with Crippen molar-refractivity contribution in [3.05, 3.63) is 82.4 Å². The van der Waals surface area contributed by atoms with E-state index in [9.17, 15) is 14.6 Å². The third-order valence-electron chi connectivity index (χ3n) is 6.63. The lowest BCUT2D eigenvalue weighted by atomic mass is 9.86. The monoisotopic (exact) mass is 495 g/mol. The van der Waals surface area contributed by atoms with Crippen LogP contribution in [-0.2, 0) is 0 Å². The number of fused-ring (bicyclic) bond motifs is 1. The zero-order chi connectivity index (χ0) is 24.5. The van der Waals surface area contributed by atoms with Crippen LogP contribution in [0.4, 0.5) is 4.39 Å². The molecule has 2 N–H and O–H groups in total. The highest BCUT2D eigenvalue weighted by Gasteiger charge is 2.31. The molecule has 2 aliphatic heterocycles. The van der Waals surface area contributed by atoms with Gasteiger partial charge in [0, 0.05) is 42.3 Å². The van der Waals surface area contributed by atoms with Crippen LogP contribution in [0.15, 0.2) is 60.7 Å². The third-order valence-corrected chi connectivity index (χ3v) is 6.94. The van der Waals surface area contributed by atoms with E-state index in [0.717, 1.165) is 53.2 Å². The fraction of sp³-hybridized carbons (Fsp3) is 0.286. The van der Waals surface area contributed by atoms with E-state index in [1.54, 1.807) is 30.3 Å². The van der Waals surface area contributed by atoms with Crippen LogP contribution in [0.1, 0.15) is 29.7 Å². The van der Waals surface area contributed by atoms with Crippen molar-refractivity contribution in [2.75, 3.05) is 32.9 Å². The first-order valence-electron chi connectivity index (χ1n) is 11.6. The highest BCUT2D eigenvalue weighted by atomic mass is 35.5. The van der Waals surface area contributed by atoms with E-state index in [4.69, 9.17) is 21.1 Å². The third kappa shape index (κ3) is 4.81. The van der Waals surface area contributed by atoms with Crippen molar-refractivity contribution in [2.45, 2.75) is 13.0 Å². The lowest BCUT2D eigenvalue weighted by Gasteiger charge is -2.37. The van der Waals surface area contributed by atoms with Crippen molar-refractivity contribution < 1.29 is 24.1 Å². The molecule has 35 heavy (non-hydrogen) atoms. The Labute approximate surface area is 209 Å². The van der Waals surface area contributed by atoms with Crippen LogP contribution < -0.4 is 9.47 Å². The van der Waals surface area contributed by atoms with Gasteiger partial charge >= 0.3 is 0 Å². The second-order valence-electron chi connectivity index (χ2n) is 9.08. The SMILES string of the molecule is CC1=C(c2ccc(O)cc2Cl)C(c2ccc(OCCN3CC(CF)C3)cc2)Oc2ccc(O)cc21. The lowest BCUT2D eigenvalue weighted by molar-refractivity contribution is 0.0668. The largest absolute Gasteiger partial charge is 0.508 e. The number of ether oxygens (including phenoxy) is 2. The maximum atomic E-state index is 12.6. The normalized spacial score (nSPS) is 18.1. The molecule has 0 bridgehead atoms. The molecule has 1 unspecified atom stereocenters. The van der Waals surface area contributed by atoms with E-state index in [1.807, 2.05) is 31.2 Å². The maximum absolute atomic E-state index is 12.6. The highest BCUT2D eigenvalue weighted by molar-refractivity contribution is 6.33. The summed E-state index contributed by atoms with van der Waals surface area (Å²) < 4.78 is 24.9. The van der Waals surface area contributed by atoms with Gasteiger partial charge in [0.25, 0.3) is 0 Å². The first-order chi connectivity index (χ1) is 16.9. The molecule has 7 heteroatoms. The zero-order valence-electron chi connectivity index (χ0n) is 19.4. The number of rotatable bonds is 7. The number of allylic oxidation sites excluding steroid dienone is 1. The van der Waals surface area contributed by atoms with E-state index in [-0.39, 0.29) is 24.1 Å². The predicted molar refractivity (Wildman–Crippen MR) is 135 cm³/mol. The lowest BCUT2D eigenvalue weighted by Crippen LogP contribution is -2.49. The first kappa shape index (κ1) is 23.5. The number of likely N-dealkylation sites (tertiary alicyclic amines) is 1. The van der Waals surface area contributed by atoms with E-state index < -0.39 is 6.10 Å². The fourth-order valence-electron chi connectivity index (χ4n) is 4.73. The first-order valence-corrected chi connectivity index (χ1v) is 12.0. The van der Waals surface area contributed by atoms with E-state index >= 15 is 0 Å². The summed E-state index contributed by atoms with van der Waals surface area (Å²) in [4.78, 5) is 2.19. The minimum Gasteiger partial charge on any atom is -0.508 e. The minimum atomic E-state index is -0.443. The summed E-state index contributed by atoms with van der Waals surface area (Å²) in [5, 5.41) is 20.3. The number of halogens is 2. The number of nitrogens with zero attached hydrogens (tertiary/aromatic N) is 1. The zero-order valence-corrected chi connectivity index (χ0v) is 20.1. The number of phenolic OH excluding ortho intramolecular Hbond substituents is 2. The van der Waals surface area contributed by atoms with Gasteiger partial charge in [-0.25, -0.2) is 0 Å². The van der Waals surface area contributed by atoms with Crippen LogP contribution in [0.25, 0.3) is 11.1 Å². The van der Waals surface area contributed by atoms with Gasteiger partial charge in [-0.15, -0.1) is 0 Å². The Morgan fingerprint density at radius 2 is 1.71 bits per heavy atom. The number of alkyl halides is 1. The summed E-state index contributed by atoms with van der Waals surface area (Å²) in [6, 6.07) is 17.7. The molecule has 0 aromatic heterocycles. The molecule has 3 aromatic carbocycles. The van der Waals surface area contributed by atoms with E-state index in [2.05, 4.69) is 4.90 Å². The number of benzene rings is 3. The molecule has 3 aromatic rings. The Hall–Kier alpha value is -3.22. The second kappa shape index (κ2) is 9.80. The molecule has 0 amide bonds. The molecule has 5 rings (SSSR count). The Balaban J connectivity index is 1.40. The van der Waals surface area contributed by atoms with Gasteiger partial charge < -0.3 is 19.7 Å². The Bertz CT molecular complexity index is 1250. The van der Waals surface area contributed by atoms with Crippen LogP contribution in [0.3, 0.4) is 0 Å². The van der Waals surface area contributed by atoms with Gasteiger partial charge in [0.1, 0.15) is 35.7 Å². The number of hydrogen-bond acceptors (Lipinski definition) is 5. The summed E-state index contributed by atoms with van der Waals surface area (Å²) in [6.45, 7) is 4.64. The molecule has 1 atom stereocenters. The molecule has 2 heterocycles. The summed E-state index contributed by atoms with van der Waals surface area (Å²) in [5.74, 6) is 1.84. The van der Waals surface area contributed by atoms with Gasteiger partial charge in [-0.1, -0.05) is 23.7 Å². The number of aromatic hydroxyl groups is 2. The van der Waals surface area contributed by atoms with Crippen molar-refractivity contribution in [2.24, 2.45) is 5.92 Å². The molecule has 0 aliphatic carbocycles. The number of phenols is 2. The number of hydrogen-bond donors (Lipinski definition) is 2. The van der Waals surface area contributed by atoms with Crippen molar-refractivity contribution >= 4 is 22.7 Å². The van der Waals surface area contributed by atoms with Crippen LogP contribution in [-0.4, -0.2) is 48.0 Å². The Kier molecular flexibility index (Phi) is 6.58. The van der Waals surface area contributed by atoms with Gasteiger partial charge in [-0.3, -0.25) is 9.29 Å². The summed E-state index contributed by atoms with van der Waals surface area (Å²) in [6.07, 6.45) is -0.443. The van der Waals surface area contributed by atoms with Gasteiger partial charge in [0.2, 0.25) is 0 Å². The van der Waals surface area contributed by atoms with Crippen molar-refractivity contribution in [3.63, 3.8) is 0 Å². The summed E-state index contributed by atoms with van der Waals surface area (Å²) in [7, 11) is 0. The van der Waals surface area contributed by atoms with E-state index in [0.29, 0.717) is 17.4 Å². The summed E-state index contributed by atoms with van der Waals surface area (Å²) >= 11 is 6.54. The minimum absolute atomic E-state index is 0.0864. The van der Waals surface area contributed by atoms with Crippen molar-refractivity contribution in [1.29, 1.82) is 0 Å². The molecule has 2 aliphatic rings. The summed E-state index contributed by atoms with van der Waals surface area (Å²) in [5.41, 5.74) is 4.26. The van der Waals surface area contributed by atoms with Gasteiger partial charge in [-0.05, 0) is 66.6 Å². The van der Waals surface area contributed by atoms with E-state index in [1.165, 1.54) is 6.07 Å². The molecule has 0 radical (unpaired) electrons. The topological polar surface area (TPSA) is 62.2 Å². The van der Waals surface area contributed by atoms with Gasteiger partial charge in [-0.2, -0.15) is 0 Å². The molecule has 1 saturated heterocycles. The average Bonchev–Trinajstić information content (AvgIpc) is 2.82. The van der Waals surface area contributed by atoms with Crippen molar-refractivity contribution in [3.8, 4) is 23.0 Å². The fourth-order valence-corrected chi connectivity index (χ4v) is 5.01. The van der Waals surface area contributed by atoms with Crippen LogP contribution in [0, 0.1) is 5.92 Å². The van der Waals surface area contributed by atoms with Crippen LogP contribution in [0.2, 0.25) is 5.02 Å². The molecule has 0 saturated carbocycles. The molecular weight excluding hydrogens is 469 g/mol. The Morgan fingerprint density at radius 1 is 1.00 bits per heavy atom. The molecule has 1 fully saturated rings. The molecule has 0 spiro atoms. The maximum Gasteiger partial charge on any atom is 0.150 e. The quantitative estimate of drug-likeness (QED) is 0.415. The molecular formula is C28H27ClFNO4. The predicted octanol–water partition coefficient (Wildman–Crippen LogP) is 6.10. The van der Waals surface area contributed by atoms with Gasteiger partial charge in [0.05, 0.1) is 11.7 Å². The van der Waals surface area contributed by atoms with Gasteiger partial charge in [0.15, 0.2) is 0 Å². The second-order valence-corrected chi connectivity index (χ2v) is 9.49. The standard InChI is InChI=1S/C28H27ClFNO4/c1-17-24-12-20(32)5-9-26(24)35-28(27(17)23-8-4-21(33)13-25(23)29)19-2-6-22(7-3-19)34-11-10-31-15-18(14-30)16-31/h2-9,12-13,18,28,32-33H,10-11,14-16H2,1H3. The van der Waals surface area contributed by atoms with Crippen LogP contribution >= 0.6 is 11.6 Å². The smallest absolute Gasteiger partial charge is 0.150 e. The van der Waals surface area contributed by atoms with Crippen molar-refractivity contribution in [1.82, 2.24) is 4.90 Å². The average molecular weight is 496 g/mol.